The molecule has 0 fully saturated rings. The van der Waals surface area contributed by atoms with Crippen molar-refractivity contribution in [1.82, 2.24) is 0 Å². The van der Waals surface area contributed by atoms with Crippen LogP contribution in [-0.4, -0.2) is 24.3 Å². The van der Waals surface area contributed by atoms with Crippen molar-refractivity contribution in [2.75, 3.05) is 0 Å². The molecule has 0 saturated carbocycles. The second kappa shape index (κ2) is 16.1. The molecule has 0 bridgehead atoms. The molecule has 0 aromatic carbocycles. The first kappa shape index (κ1) is 25.9. The molecule has 0 aliphatic rings. The highest BCUT2D eigenvalue weighted by molar-refractivity contribution is 4.64. The Balaban J connectivity index is 0. The molecule has 3 heteroatoms. The highest BCUT2D eigenvalue weighted by atomic mass is 16.9. The zero-order valence-electron chi connectivity index (χ0n) is 17.5. The van der Waals surface area contributed by atoms with Crippen LogP contribution in [0.1, 0.15) is 99.8 Å². The fourth-order valence-electron chi connectivity index (χ4n) is 2.64. The van der Waals surface area contributed by atoms with Gasteiger partial charge in [-0.2, -0.15) is 0 Å². The minimum absolute atomic E-state index is 0.0852. The van der Waals surface area contributed by atoms with Crippen LogP contribution in [0, 0.1) is 0 Å². The number of ether oxygens (including phenoxy) is 3. The molecule has 0 N–H and O–H groups in total. The van der Waals surface area contributed by atoms with Crippen LogP contribution in [0.3, 0.4) is 0 Å². The second-order valence-corrected chi connectivity index (χ2v) is 7.05. The van der Waals surface area contributed by atoms with Gasteiger partial charge in [0.25, 0.3) is 5.97 Å². The van der Waals surface area contributed by atoms with Crippen molar-refractivity contribution in [2.24, 2.45) is 0 Å². The zero-order valence-corrected chi connectivity index (χ0v) is 17.5. The Bertz CT molecular complexity index is 235. The summed E-state index contributed by atoms with van der Waals surface area (Å²) in [6.45, 7) is 20.5. The van der Waals surface area contributed by atoms with E-state index in [9.17, 15) is 0 Å². The van der Waals surface area contributed by atoms with Crippen LogP contribution in [0.4, 0.5) is 0 Å². The summed E-state index contributed by atoms with van der Waals surface area (Å²) in [5.41, 5.74) is 0. The van der Waals surface area contributed by atoms with Crippen molar-refractivity contribution >= 4 is 0 Å². The van der Waals surface area contributed by atoms with Crippen molar-refractivity contribution in [3.05, 3.63) is 13.2 Å². The molecule has 0 aromatic heterocycles. The molecule has 146 valence electrons. The normalized spacial score (nSPS) is 11.9. The molecule has 24 heavy (non-hydrogen) atoms. The van der Waals surface area contributed by atoms with Crippen molar-refractivity contribution in [3.8, 4) is 0 Å². The van der Waals surface area contributed by atoms with Crippen molar-refractivity contribution in [1.29, 1.82) is 0 Å². The fraction of sp³-hybridized carbons (Fsp3) is 0.905. The molecule has 0 atom stereocenters. The third-order valence-corrected chi connectivity index (χ3v) is 3.33. The molecule has 0 radical (unpaired) electrons. The molecule has 0 amide bonds. The lowest BCUT2D eigenvalue weighted by atomic mass is 10.1. The number of hydrogen-bond donors (Lipinski definition) is 0. The van der Waals surface area contributed by atoms with Crippen LogP contribution in [-0.2, 0) is 14.2 Å². The summed E-state index contributed by atoms with van der Waals surface area (Å²) < 4.78 is 18.2. The average Bonchev–Trinajstić information content (AvgIpc) is 2.46. The first-order valence-corrected chi connectivity index (χ1v) is 9.84. The quantitative estimate of drug-likeness (QED) is 0.196. The predicted molar refractivity (Wildman–Crippen MR) is 105 cm³/mol. The lowest BCUT2D eigenvalue weighted by Crippen LogP contribution is -2.44. The summed E-state index contributed by atoms with van der Waals surface area (Å²) in [5, 5.41) is 0. The van der Waals surface area contributed by atoms with E-state index in [1.165, 1.54) is 38.5 Å². The van der Waals surface area contributed by atoms with E-state index in [-0.39, 0.29) is 18.3 Å². The summed E-state index contributed by atoms with van der Waals surface area (Å²) in [6.07, 6.45) is 10.00. The first-order valence-electron chi connectivity index (χ1n) is 9.84. The topological polar surface area (TPSA) is 27.7 Å². The van der Waals surface area contributed by atoms with Gasteiger partial charge in [-0.15, -0.1) is 13.2 Å². The number of rotatable bonds is 14. The summed E-state index contributed by atoms with van der Waals surface area (Å²) in [7, 11) is 0. The molecule has 0 spiro atoms. The van der Waals surface area contributed by atoms with Crippen LogP contribution in [0.15, 0.2) is 13.2 Å². The van der Waals surface area contributed by atoms with Crippen LogP contribution < -0.4 is 0 Å². The van der Waals surface area contributed by atoms with Gasteiger partial charge in [0.1, 0.15) is 0 Å². The van der Waals surface area contributed by atoms with Gasteiger partial charge in [-0.3, -0.25) is 0 Å². The molecule has 0 unspecified atom stereocenters. The Kier molecular flexibility index (Phi) is 17.4. The van der Waals surface area contributed by atoms with Crippen LogP contribution in [0.25, 0.3) is 0 Å². The predicted octanol–water partition coefficient (Wildman–Crippen LogP) is 6.86. The van der Waals surface area contributed by atoms with Gasteiger partial charge in [0.2, 0.25) is 0 Å². The minimum Gasteiger partial charge on any atom is -0.325 e. The molecule has 0 heterocycles. The van der Waals surface area contributed by atoms with Gasteiger partial charge in [-0.1, -0.05) is 45.4 Å². The van der Waals surface area contributed by atoms with Crippen molar-refractivity contribution < 1.29 is 14.2 Å². The Labute approximate surface area is 152 Å². The zero-order chi connectivity index (χ0) is 19.0. The molecule has 0 aliphatic heterocycles. The number of unbranched alkanes of at least 4 members (excludes halogenated alkanes) is 6. The standard InChI is InChI=1S/C19H40O3.C2H4/c1-8-9-10-11-12-13-14-15-19(20-16(2)3,21-17(4)5)22-18(6)7;1-2/h16-18H,8-15H2,1-7H3;1-2H2. The third kappa shape index (κ3) is 15.2. The Morgan fingerprint density at radius 3 is 1.29 bits per heavy atom. The third-order valence-electron chi connectivity index (χ3n) is 3.33. The lowest BCUT2D eigenvalue weighted by Gasteiger charge is -2.37. The Hall–Kier alpha value is -0.380. The van der Waals surface area contributed by atoms with Gasteiger partial charge in [0, 0.05) is 6.42 Å². The second-order valence-electron chi connectivity index (χ2n) is 7.05. The van der Waals surface area contributed by atoms with E-state index in [0.717, 1.165) is 12.8 Å². The fourth-order valence-corrected chi connectivity index (χ4v) is 2.64. The van der Waals surface area contributed by atoms with Crippen LogP contribution in [0.5, 0.6) is 0 Å². The Morgan fingerprint density at radius 1 is 0.625 bits per heavy atom. The molecule has 0 saturated heterocycles. The molecule has 3 nitrogen and oxygen atoms in total. The van der Waals surface area contributed by atoms with E-state index >= 15 is 0 Å². The summed E-state index contributed by atoms with van der Waals surface area (Å²) >= 11 is 0. The van der Waals surface area contributed by atoms with Crippen LogP contribution in [0.2, 0.25) is 0 Å². The van der Waals surface area contributed by atoms with Gasteiger partial charge < -0.3 is 14.2 Å². The monoisotopic (exact) mass is 344 g/mol. The van der Waals surface area contributed by atoms with E-state index in [1.54, 1.807) is 0 Å². The molecule has 0 aromatic rings. The summed E-state index contributed by atoms with van der Waals surface area (Å²) in [6, 6.07) is 0. The maximum atomic E-state index is 6.06. The SMILES string of the molecule is C=C.CCCCCCCCCC(OC(C)C)(OC(C)C)OC(C)C. The van der Waals surface area contributed by atoms with E-state index in [2.05, 4.69) is 20.1 Å². The minimum atomic E-state index is -0.889. The largest absolute Gasteiger partial charge is 0.325 e. The van der Waals surface area contributed by atoms with Gasteiger partial charge in [-0.05, 0) is 48.0 Å². The van der Waals surface area contributed by atoms with E-state index in [4.69, 9.17) is 14.2 Å². The summed E-state index contributed by atoms with van der Waals surface area (Å²) in [5.74, 6) is -0.889. The molecular weight excluding hydrogens is 300 g/mol. The van der Waals surface area contributed by atoms with Gasteiger partial charge in [0.05, 0.1) is 18.3 Å². The Morgan fingerprint density at radius 2 is 0.958 bits per heavy atom. The lowest BCUT2D eigenvalue weighted by molar-refractivity contribution is -0.412. The van der Waals surface area contributed by atoms with Gasteiger partial charge >= 0.3 is 0 Å². The average molecular weight is 345 g/mol. The maximum absolute atomic E-state index is 6.06. The van der Waals surface area contributed by atoms with E-state index in [1.807, 2.05) is 41.5 Å². The van der Waals surface area contributed by atoms with E-state index in [0.29, 0.717) is 0 Å². The van der Waals surface area contributed by atoms with Crippen molar-refractivity contribution in [3.63, 3.8) is 0 Å². The summed E-state index contributed by atoms with van der Waals surface area (Å²) in [4.78, 5) is 0. The maximum Gasteiger partial charge on any atom is 0.283 e. The van der Waals surface area contributed by atoms with Crippen molar-refractivity contribution in [2.45, 2.75) is 124 Å². The molecular formula is C21H44O3. The number of hydrogen-bond acceptors (Lipinski definition) is 3. The van der Waals surface area contributed by atoms with Gasteiger partial charge in [-0.25, -0.2) is 0 Å². The van der Waals surface area contributed by atoms with Gasteiger partial charge in [0.15, 0.2) is 0 Å². The van der Waals surface area contributed by atoms with Crippen LogP contribution >= 0.6 is 0 Å². The molecule has 0 aliphatic carbocycles. The molecule has 0 rings (SSSR count). The smallest absolute Gasteiger partial charge is 0.283 e. The highest BCUT2D eigenvalue weighted by Gasteiger charge is 2.36. The first-order chi connectivity index (χ1) is 11.3. The highest BCUT2D eigenvalue weighted by Crippen LogP contribution is 2.28. The van der Waals surface area contributed by atoms with E-state index < -0.39 is 5.97 Å².